The normalized spacial score (nSPS) is 12.5. The van der Waals surface area contributed by atoms with Crippen molar-refractivity contribution < 1.29 is 13.2 Å². The van der Waals surface area contributed by atoms with E-state index < -0.39 is 10.0 Å². The topological polar surface area (TPSA) is 66.5 Å². The second-order valence-electron chi connectivity index (χ2n) is 7.37. The van der Waals surface area contributed by atoms with Gasteiger partial charge in [0, 0.05) is 24.3 Å². The Balaban J connectivity index is 1.80. The van der Waals surface area contributed by atoms with Gasteiger partial charge in [-0.25, -0.2) is 8.42 Å². The maximum atomic E-state index is 13.2. The van der Waals surface area contributed by atoms with Crippen molar-refractivity contribution >= 4 is 21.5 Å². The molecule has 0 unspecified atom stereocenters. The van der Waals surface area contributed by atoms with Crippen LogP contribution in [0.4, 0.5) is 5.69 Å². The van der Waals surface area contributed by atoms with Crippen molar-refractivity contribution in [1.29, 1.82) is 0 Å². The number of sulfonamides is 1. The van der Waals surface area contributed by atoms with Gasteiger partial charge in [0.2, 0.25) is 10.0 Å². The zero-order valence-corrected chi connectivity index (χ0v) is 18.0. The minimum absolute atomic E-state index is 0.00670. The molecule has 3 aromatic carbocycles. The second kappa shape index (κ2) is 9.69. The number of nitrogens with zero attached hydrogens (tertiary/aromatic N) is 1. The summed E-state index contributed by atoms with van der Waals surface area (Å²) in [5.74, 6) is -0.00670. The molecule has 0 aliphatic rings. The minimum atomic E-state index is -3.35. The molecule has 6 heteroatoms. The molecule has 0 saturated carbocycles. The first-order chi connectivity index (χ1) is 14.3. The van der Waals surface area contributed by atoms with E-state index in [1.807, 2.05) is 43.3 Å². The summed E-state index contributed by atoms with van der Waals surface area (Å²) < 4.78 is 25.2. The SMILES string of the molecule is C[C@@H](C(=O)c1ccc(NS(C)(=O)=O)cc1)N(Cc1ccccc1)Cc1ccccc1. The van der Waals surface area contributed by atoms with Gasteiger partial charge in [-0.15, -0.1) is 0 Å². The average Bonchev–Trinajstić information content (AvgIpc) is 2.73. The lowest BCUT2D eigenvalue weighted by Crippen LogP contribution is -2.38. The quantitative estimate of drug-likeness (QED) is 0.521. The number of carbonyl (C=O) groups excluding carboxylic acids is 1. The smallest absolute Gasteiger partial charge is 0.229 e. The predicted octanol–water partition coefficient (Wildman–Crippen LogP) is 4.33. The van der Waals surface area contributed by atoms with E-state index in [9.17, 15) is 13.2 Å². The van der Waals surface area contributed by atoms with Crippen LogP contribution in [-0.4, -0.2) is 31.4 Å². The molecule has 156 valence electrons. The number of nitrogens with one attached hydrogen (secondary N) is 1. The van der Waals surface area contributed by atoms with E-state index in [0.717, 1.165) is 17.4 Å². The van der Waals surface area contributed by atoms with Gasteiger partial charge < -0.3 is 0 Å². The first-order valence-corrected chi connectivity index (χ1v) is 11.6. The number of ketones is 1. The molecule has 1 N–H and O–H groups in total. The summed E-state index contributed by atoms with van der Waals surface area (Å²) in [6, 6.07) is 26.4. The first-order valence-electron chi connectivity index (χ1n) is 9.76. The molecule has 0 bridgehead atoms. The van der Waals surface area contributed by atoms with E-state index in [0.29, 0.717) is 24.3 Å². The lowest BCUT2D eigenvalue weighted by Gasteiger charge is -2.28. The monoisotopic (exact) mass is 422 g/mol. The number of hydrogen-bond donors (Lipinski definition) is 1. The van der Waals surface area contributed by atoms with Gasteiger partial charge in [-0.2, -0.15) is 0 Å². The summed E-state index contributed by atoms with van der Waals surface area (Å²) in [5, 5.41) is 0. The third kappa shape index (κ3) is 6.27. The number of benzene rings is 3. The highest BCUT2D eigenvalue weighted by atomic mass is 32.2. The van der Waals surface area contributed by atoms with Crippen molar-refractivity contribution in [3.8, 4) is 0 Å². The molecule has 0 aliphatic carbocycles. The zero-order chi connectivity index (χ0) is 21.6. The third-order valence-corrected chi connectivity index (χ3v) is 5.46. The predicted molar refractivity (Wildman–Crippen MR) is 121 cm³/mol. The van der Waals surface area contributed by atoms with Gasteiger partial charge in [0.1, 0.15) is 0 Å². The molecule has 3 rings (SSSR count). The highest BCUT2D eigenvalue weighted by Gasteiger charge is 2.23. The zero-order valence-electron chi connectivity index (χ0n) is 17.2. The first kappa shape index (κ1) is 21.7. The van der Waals surface area contributed by atoms with Crippen LogP contribution in [0.5, 0.6) is 0 Å². The van der Waals surface area contributed by atoms with Crippen LogP contribution in [0.15, 0.2) is 84.9 Å². The minimum Gasteiger partial charge on any atom is -0.292 e. The van der Waals surface area contributed by atoms with Gasteiger partial charge in [0.15, 0.2) is 5.78 Å². The average molecular weight is 423 g/mol. The van der Waals surface area contributed by atoms with Crippen LogP contribution in [0.3, 0.4) is 0 Å². The Morgan fingerprint density at radius 2 is 1.30 bits per heavy atom. The van der Waals surface area contributed by atoms with E-state index in [4.69, 9.17) is 0 Å². The molecule has 0 fully saturated rings. The molecule has 0 aliphatic heterocycles. The van der Waals surface area contributed by atoms with Crippen LogP contribution < -0.4 is 4.72 Å². The standard InChI is InChI=1S/C24H26N2O3S/c1-19(24(27)22-13-15-23(16-14-22)25-30(2,28)29)26(17-20-9-5-3-6-10-20)18-21-11-7-4-8-12-21/h3-16,19,25H,17-18H2,1-2H3/t19-/m0/s1. The van der Waals surface area contributed by atoms with Gasteiger partial charge in [0.05, 0.1) is 12.3 Å². The van der Waals surface area contributed by atoms with Crippen LogP contribution in [0.1, 0.15) is 28.4 Å². The van der Waals surface area contributed by atoms with Crippen LogP contribution in [0, 0.1) is 0 Å². The molecule has 5 nitrogen and oxygen atoms in total. The molecule has 0 aromatic heterocycles. The number of rotatable bonds is 9. The highest BCUT2D eigenvalue weighted by Crippen LogP contribution is 2.18. The Hall–Kier alpha value is -2.96. The summed E-state index contributed by atoms with van der Waals surface area (Å²) in [6.45, 7) is 3.21. The number of carbonyl (C=O) groups is 1. The Morgan fingerprint density at radius 1 is 0.833 bits per heavy atom. The fraction of sp³-hybridized carbons (Fsp3) is 0.208. The largest absolute Gasteiger partial charge is 0.292 e. The van der Waals surface area contributed by atoms with Crippen molar-refractivity contribution in [2.24, 2.45) is 0 Å². The Labute approximate surface area is 178 Å². The van der Waals surface area contributed by atoms with E-state index in [1.165, 1.54) is 0 Å². The van der Waals surface area contributed by atoms with E-state index in [1.54, 1.807) is 24.3 Å². The van der Waals surface area contributed by atoms with E-state index in [-0.39, 0.29) is 11.8 Å². The van der Waals surface area contributed by atoms with Crippen molar-refractivity contribution in [2.45, 2.75) is 26.1 Å². The van der Waals surface area contributed by atoms with E-state index in [2.05, 4.69) is 33.9 Å². The molecule has 0 saturated heterocycles. The van der Waals surface area contributed by atoms with Crippen molar-refractivity contribution in [2.75, 3.05) is 11.0 Å². The summed E-state index contributed by atoms with van der Waals surface area (Å²) >= 11 is 0. The maximum absolute atomic E-state index is 13.2. The van der Waals surface area contributed by atoms with Gasteiger partial charge in [-0.3, -0.25) is 14.4 Å². The lowest BCUT2D eigenvalue weighted by molar-refractivity contribution is 0.0816. The fourth-order valence-corrected chi connectivity index (χ4v) is 3.85. The molecular weight excluding hydrogens is 396 g/mol. The summed E-state index contributed by atoms with van der Waals surface area (Å²) in [5.41, 5.74) is 3.27. The summed E-state index contributed by atoms with van der Waals surface area (Å²) in [7, 11) is -3.35. The second-order valence-corrected chi connectivity index (χ2v) is 9.12. The summed E-state index contributed by atoms with van der Waals surface area (Å²) in [6.07, 6.45) is 1.10. The molecule has 0 spiro atoms. The van der Waals surface area contributed by atoms with Gasteiger partial charge in [-0.1, -0.05) is 60.7 Å². The van der Waals surface area contributed by atoms with Crippen LogP contribution in [0.2, 0.25) is 0 Å². The van der Waals surface area contributed by atoms with Gasteiger partial charge in [0.25, 0.3) is 0 Å². The molecule has 3 aromatic rings. The van der Waals surface area contributed by atoms with Crippen molar-refractivity contribution in [1.82, 2.24) is 4.90 Å². The number of hydrogen-bond acceptors (Lipinski definition) is 4. The molecule has 0 radical (unpaired) electrons. The van der Waals surface area contributed by atoms with E-state index >= 15 is 0 Å². The Morgan fingerprint density at radius 3 is 1.73 bits per heavy atom. The molecule has 30 heavy (non-hydrogen) atoms. The maximum Gasteiger partial charge on any atom is 0.229 e. The fourth-order valence-electron chi connectivity index (χ4n) is 3.29. The van der Waals surface area contributed by atoms with Crippen molar-refractivity contribution in [3.05, 3.63) is 102 Å². The van der Waals surface area contributed by atoms with Crippen LogP contribution in [-0.2, 0) is 23.1 Å². The van der Waals surface area contributed by atoms with Crippen LogP contribution in [0.25, 0.3) is 0 Å². The Kier molecular flexibility index (Phi) is 7.03. The molecule has 0 heterocycles. The third-order valence-electron chi connectivity index (χ3n) is 4.86. The number of Topliss-reactive ketones (excluding diaryl/α,β-unsaturated/α-hetero) is 1. The lowest BCUT2D eigenvalue weighted by atomic mass is 10.0. The van der Waals surface area contributed by atoms with Crippen molar-refractivity contribution in [3.63, 3.8) is 0 Å². The molecule has 0 amide bonds. The number of anilines is 1. The summed E-state index contributed by atoms with van der Waals surface area (Å²) in [4.78, 5) is 15.3. The van der Waals surface area contributed by atoms with Gasteiger partial charge >= 0.3 is 0 Å². The van der Waals surface area contributed by atoms with Gasteiger partial charge in [-0.05, 0) is 42.3 Å². The Bertz CT molecular complexity index is 1020. The molecule has 1 atom stereocenters. The highest BCUT2D eigenvalue weighted by molar-refractivity contribution is 7.92. The molecular formula is C24H26N2O3S. The van der Waals surface area contributed by atoms with Crippen LogP contribution >= 0.6 is 0 Å².